The summed E-state index contributed by atoms with van der Waals surface area (Å²) in [4.78, 5) is 11.7. The maximum Gasteiger partial charge on any atom is 0.254 e. The van der Waals surface area contributed by atoms with Gasteiger partial charge in [-0.05, 0) is 24.1 Å². The summed E-state index contributed by atoms with van der Waals surface area (Å²) in [5.41, 5.74) is 5.75. The third kappa shape index (κ3) is 3.98. The first kappa shape index (κ1) is 13.9. The van der Waals surface area contributed by atoms with Crippen LogP contribution >= 0.6 is 11.6 Å². The van der Waals surface area contributed by atoms with E-state index in [-0.39, 0.29) is 22.5 Å². The summed E-state index contributed by atoms with van der Waals surface area (Å²) in [6.07, 6.45) is 0. The zero-order chi connectivity index (χ0) is 13.0. The van der Waals surface area contributed by atoms with Gasteiger partial charge in [0.2, 0.25) is 0 Å². The van der Waals surface area contributed by atoms with Gasteiger partial charge in [0.05, 0.1) is 5.56 Å². The Morgan fingerprint density at radius 3 is 2.71 bits per heavy atom. The standard InChI is InChI=1S/C12H16ClFN2O/c1-7(2)11(15)6-16-12(17)9-4-3-8(13)5-10(9)14/h3-5,7,11H,6,15H2,1-2H3,(H,16,17). The molecule has 1 aromatic carbocycles. The van der Waals surface area contributed by atoms with Gasteiger partial charge in [-0.2, -0.15) is 0 Å². The minimum absolute atomic E-state index is 0.0228. The van der Waals surface area contributed by atoms with Gasteiger partial charge in [-0.1, -0.05) is 25.4 Å². The van der Waals surface area contributed by atoms with Crippen LogP contribution in [0.5, 0.6) is 0 Å². The molecular formula is C12H16ClFN2O. The Hall–Kier alpha value is -1.13. The Morgan fingerprint density at radius 2 is 2.18 bits per heavy atom. The number of amides is 1. The van der Waals surface area contributed by atoms with E-state index in [0.29, 0.717) is 6.54 Å². The molecule has 1 aromatic rings. The predicted molar refractivity (Wildman–Crippen MR) is 66.6 cm³/mol. The molecule has 1 unspecified atom stereocenters. The van der Waals surface area contributed by atoms with Crippen molar-refractivity contribution in [1.29, 1.82) is 0 Å². The molecule has 3 nitrogen and oxygen atoms in total. The van der Waals surface area contributed by atoms with Crippen LogP contribution in [0.3, 0.4) is 0 Å². The second-order valence-corrected chi connectivity index (χ2v) is 4.68. The summed E-state index contributed by atoms with van der Waals surface area (Å²) in [5.74, 6) is -0.853. The summed E-state index contributed by atoms with van der Waals surface area (Å²) >= 11 is 5.60. The molecule has 0 aliphatic carbocycles. The van der Waals surface area contributed by atoms with Gasteiger partial charge in [-0.25, -0.2) is 4.39 Å². The van der Waals surface area contributed by atoms with Crippen LogP contribution in [-0.2, 0) is 0 Å². The Morgan fingerprint density at radius 1 is 1.53 bits per heavy atom. The molecule has 0 aromatic heterocycles. The van der Waals surface area contributed by atoms with Crippen molar-refractivity contribution in [3.05, 3.63) is 34.6 Å². The van der Waals surface area contributed by atoms with Crippen molar-refractivity contribution in [2.24, 2.45) is 11.7 Å². The Labute approximate surface area is 105 Å². The molecule has 0 aliphatic heterocycles. The molecule has 17 heavy (non-hydrogen) atoms. The molecule has 1 rings (SSSR count). The molecular weight excluding hydrogens is 243 g/mol. The first-order valence-corrected chi connectivity index (χ1v) is 5.78. The highest BCUT2D eigenvalue weighted by Gasteiger charge is 2.14. The molecule has 1 amide bonds. The highest BCUT2D eigenvalue weighted by molar-refractivity contribution is 6.30. The van der Waals surface area contributed by atoms with E-state index in [1.165, 1.54) is 12.1 Å². The number of benzene rings is 1. The minimum atomic E-state index is -0.631. The maximum absolute atomic E-state index is 13.4. The van der Waals surface area contributed by atoms with Crippen molar-refractivity contribution in [3.8, 4) is 0 Å². The lowest BCUT2D eigenvalue weighted by Gasteiger charge is -2.16. The first-order valence-electron chi connectivity index (χ1n) is 5.40. The number of carbonyl (C=O) groups is 1. The highest BCUT2D eigenvalue weighted by atomic mass is 35.5. The number of hydrogen-bond acceptors (Lipinski definition) is 2. The SMILES string of the molecule is CC(C)C(N)CNC(=O)c1ccc(Cl)cc1F. The summed E-state index contributed by atoms with van der Waals surface area (Å²) in [7, 11) is 0. The fourth-order valence-corrected chi connectivity index (χ4v) is 1.37. The lowest BCUT2D eigenvalue weighted by molar-refractivity contribution is 0.0945. The predicted octanol–water partition coefficient (Wildman–Crippen LogP) is 2.19. The molecule has 5 heteroatoms. The molecule has 94 valence electrons. The highest BCUT2D eigenvalue weighted by Crippen LogP contribution is 2.14. The minimum Gasteiger partial charge on any atom is -0.350 e. The molecule has 0 bridgehead atoms. The van der Waals surface area contributed by atoms with Crippen molar-refractivity contribution in [2.45, 2.75) is 19.9 Å². The fourth-order valence-electron chi connectivity index (χ4n) is 1.22. The lowest BCUT2D eigenvalue weighted by atomic mass is 10.1. The van der Waals surface area contributed by atoms with E-state index < -0.39 is 11.7 Å². The molecule has 0 heterocycles. The average molecular weight is 259 g/mol. The second kappa shape index (κ2) is 5.98. The van der Waals surface area contributed by atoms with Gasteiger partial charge < -0.3 is 11.1 Å². The van der Waals surface area contributed by atoms with E-state index in [9.17, 15) is 9.18 Å². The third-order valence-corrected chi connectivity index (χ3v) is 2.77. The van der Waals surface area contributed by atoms with E-state index in [0.717, 1.165) is 6.07 Å². The van der Waals surface area contributed by atoms with Crippen LogP contribution < -0.4 is 11.1 Å². The quantitative estimate of drug-likeness (QED) is 0.870. The number of hydrogen-bond donors (Lipinski definition) is 2. The van der Waals surface area contributed by atoms with Gasteiger partial charge in [-0.3, -0.25) is 4.79 Å². The van der Waals surface area contributed by atoms with Crippen molar-refractivity contribution >= 4 is 17.5 Å². The second-order valence-electron chi connectivity index (χ2n) is 4.24. The zero-order valence-electron chi connectivity index (χ0n) is 9.84. The molecule has 0 saturated carbocycles. The molecule has 0 saturated heterocycles. The largest absolute Gasteiger partial charge is 0.350 e. The molecule has 0 spiro atoms. The van der Waals surface area contributed by atoms with Gasteiger partial charge in [0.1, 0.15) is 5.82 Å². The van der Waals surface area contributed by atoms with Crippen molar-refractivity contribution in [3.63, 3.8) is 0 Å². The number of nitrogens with one attached hydrogen (secondary N) is 1. The van der Waals surface area contributed by atoms with Crippen LogP contribution in [0, 0.1) is 11.7 Å². The van der Waals surface area contributed by atoms with Crippen LogP contribution in [-0.4, -0.2) is 18.5 Å². The lowest BCUT2D eigenvalue weighted by Crippen LogP contribution is -2.40. The molecule has 0 radical (unpaired) electrons. The first-order chi connectivity index (χ1) is 7.91. The van der Waals surface area contributed by atoms with Gasteiger partial charge >= 0.3 is 0 Å². The van der Waals surface area contributed by atoms with E-state index in [2.05, 4.69) is 5.32 Å². The topological polar surface area (TPSA) is 55.1 Å². The van der Waals surface area contributed by atoms with Crippen LogP contribution in [0.1, 0.15) is 24.2 Å². The van der Waals surface area contributed by atoms with Crippen molar-refractivity contribution in [2.75, 3.05) is 6.54 Å². The van der Waals surface area contributed by atoms with Crippen molar-refractivity contribution < 1.29 is 9.18 Å². The summed E-state index contributed by atoms with van der Waals surface area (Å²) in [5, 5.41) is 2.86. The van der Waals surface area contributed by atoms with Gasteiger partial charge in [0.15, 0.2) is 0 Å². The Bertz CT molecular complexity index is 409. The Kier molecular flexibility index (Phi) is 4.90. The molecule has 3 N–H and O–H groups in total. The van der Waals surface area contributed by atoms with Gasteiger partial charge in [-0.15, -0.1) is 0 Å². The summed E-state index contributed by atoms with van der Waals surface area (Å²) in [6.45, 7) is 4.23. The van der Waals surface area contributed by atoms with Gasteiger partial charge in [0, 0.05) is 17.6 Å². The number of halogens is 2. The van der Waals surface area contributed by atoms with Crippen LogP contribution in [0.15, 0.2) is 18.2 Å². The normalized spacial score (nSPS) is 12.6. The Balaban J connectivity index is 2.64. The van der Waals surface area contributed by atoms with Crippen molar-refractivity contribution in [1.82, 2.24) is 5.32 Å². The average Bonchev–Trinajstić information content (AvgIpc) is 2.25. The molecule has 0 fully saturated rings. The van der Waals surface area contributed by atoms with E-state index in [4.69, 9.17) is 17.3 Å². The third-order valence-electron chi connectivity index (χ3n) is 2.53. The summed E-state index contributed by atoms with van der Waals surface area (Å²) < 4.78 is 13.4. The fraction of sp³-hybridized carbons (Fsp3) is 0.417. The van der Waals surface area contributed by atoms with E-state index in [1.54, 1.807) is 0 Å². The molecule has 0 aliphatic rings. The van der Waals surface area contributed by atoms with Gasteiger partial charge in [0.25, 0.3) is 5.91 Å². The summed E-state index contributed by atoms with van der Waals surface area (Å²) in [6, 6.07) is 3.79. The van der Waals surface area contributed by atoms with E-state index in [1.807, 2.05) is 13.8 Å². The number of nitrogens with two attached hydrogens (primary N) is 1. The molecule has 1 atom stereocenters. The number of rotatable bonds is 4. The van der Waals surface area contributed by atoms with Crippen LogP contribution in [0.4, 0.5) is 4.39 Å². The van der Waals surface area contributed by atoms with Crippen LogP contribution in [0.25, 0.3) is 0 Å². The zero-order valence-corrected chi connectivity index (χ0v) is 10.6. The maximum atomic E-state index is 13.4. The monoisotopic (exact) mass is 258 g/mol. The number of carbonyl (C=O) groups excluding carboxylic acids is 1. The van der Waals surface area contributed by atoms with Crippen LogP contribution in [0.2, 0.25) is 5.02 Å². The smallest absolute Gasteiger partial charge is 0.254 e. The van der Waals surface area contributed by atoms with E-state index >= 15 is 0 Å².